The van der Waals surface area contributed by atoms with E-state index in [9.17, 15) is 14.9 Å². The third kappa shape index (κ3) is 2.73. The Kier molecular flexibility index (Phi) is 3.79. The van der Waals surface area contributed by atoms with Gasteiger partial charge in [-0.2, -0.15) is 0 Å². The smallest absolute Gasteiger partial charge is 0.348 e. The summed E-state index contributed by atoms with van der Waals surface area (Å²) in [6.45, 7) is 0.788. The molecule has 0 bridgehead atoms. The first-order valence-corrected chi connectivity index (χ1v) is 6.01. The van der Waals surface area contributed by atoms with E-state index in [1.807, 2.05) is 0 Å². The van der Waals surface area contributed by atoms with Gasteiger partial charge in [0.15, 0.2) is 0 Å². The van der Waals surface area contributed by atoms with Crippen LogP contribution in [0.3, 0.4) is 0 Å². The predicted molar refractivity (Wildman–Crippen MR) is 66.3 cm³/mol. The zero-order chi connectivity index (χ0) is 14.0. The summed E-state index contributed by atoms with van der Waals surface area (Å²) < 4.78 is 0. The van der Waals surface area contributed by atoms with Crippen LogP contribution in [-0.2, 0) is 4.79 Å². The molecule has 0 spiro atoms. The topological polar surface area (TPSA) is 109 Å². The fourth-order valence-corrected chi connectivity index (χ4v) is 2.27. The van der Waals surface area contributed by atoms with Crippen molar-refractivity contribution >= 4 is 29.1 Å². The molecular formula is C10H11ClN4O4. The second kappa shape index (κ2) is 5.35. The summed E-state index contributed by atoms with van der Waals surface area (Å²) in [7, 11) is 0. The highest BCUT2D eigenvalue weighted by molar-refractivity contribution is 6.31. The van der Waals surface area contributed by atoms with E-state index in [1.165, 1.54) is 0 Å². The quantitative estimate of drug-likeness (QED) is 0.507. The number of rotatable bonds is 3. The molecule has 0 amide bonds. The van der Waals surface area contributed by atoms with Crippen LogP contribution in [0.5, 0.6) is 0 Å². The summed E-state index contributed by atoms with van der Waals surface area (Å²) in [5.41, 5.74) is -0.335. The van der Waals surface area contributed by atoms with Crippen molar-refractivity contribution in [1.29, 1.82) is 0 Å². The van der Waals surface area contributed by atoms with Gasteiger partial charge in [-0.25, -0.2) is 9.97 Å². The van der Waals surface area contributed by atoms with E-state index in [0.29, 0.717) is 25.9 Å². The summed E-state index contributed by atoms with van der Waals surface area (Å²) >= 11 is 5.71. The number of hydrogen-bond donors (Lipinski definition) is 1. The number of carboxylic acid groups (broad SMARTS) is 1. The molecular weight excluding hydrogens is 276 g/mol. The lowest BCUT2D eigenvalue weighted by atomic mass is 9.97. The van der Waals surface area contributed by atoms with Gasteiger partial charge in [-0.15, -0.1) is 0 Å². The number of aliphatic carboxylic acids is 1. The summed E-state index contributed by atoms with van der Waals surface area (Å²) in [5, 5.41) is 19.7. The van der Waals surface area contributed by atoms with Gasteiger partial charge in [0, 0.05) is 13.1 Å². The van der Waals surface area contributed by atoms with E-state index in [2.05, 4.69) is 9.97 Å². The van der Waals surface area contributed by atoms with Gasteiger partial charge in [0.2, 0.25) is 11.0 Å². The Hall–Kier alpha value is -1.96. The van der Waals surface area contributed by atoms with Gasteiger partial charge >= 0.3 is 11.7 Å². The zero-order valence-electron chi connectivity index (χ0n) is 9.82. The van der Waals surface area contributed by atoms with Gasteiger partial charge in [-0.05, 0) is 12.8 Å². The fraction of sp³-hybridized carbons (Fsp3) is 0.500. The Labute approximate surface area is 113 Å². The monoisotopic (exact) mass is 286 g/mol. The molecule has 1 fully saturated rings. The Bertz CT molecular complexity index is 516. The summed E-state index contributed by atoms with van der Waals surface area (Å²) in [5.74, 6) is -1.10. The van der Waals surface area contributed by atoms with Crippen molar-refractivity contribution in [2.75, 3.05) is 18.0 Å². The lowest BCUT2D eigenvalue weighted by Gasteiger charge is -2.30. The molecule has 2 rings (SSSR count). The maximum Gasteiger partial charge on any atom is 0.348 e. The van der Waals surface area contributed by atoms with Crippen LogP contribution in [-0.4, -0.2) is 39.1 Å². The lowest BCUT2D eigenvalue weighted by Crippen LogP contribution is -2.37. The number of carboxylic acids is 1. The first-order valence-electron chi connectivity index (χ1n) is 5.63. The van der Waals surface area contributed by atoms with Gasteiger partial charge in [0.1, 0.15) is 6.33 Å². The molecule has 0 aromatic carbocycles. The molecule has 102 valence electrons. The number of nitro groups is 1. The molecule has 1 aliphatic rings. The summed E-state index contributed by atoms with van der Waals surface area (Å²) in [4.78, 5) is 30.4. The van der Waals surface area contributed by atoms with Gasteiger partial charge < -0.3 is 10.0 Å². The van der Waals surface area contributed by atoms with Crippen molar-refractivity contribution in [3.8, 4) is 0 Å². The molecule has 1 N–H and O–H groups in total. The number of nitrogens with zero attached hydrogens (tertiary/aromatic N) is 4. The highest BCUT2D eigenvalue weighted by Crippen LogP contribution is 2.33. The molecule has 1 aromatic rings. The van der Waals surface area contributed by atoms with E-state index in [-0.39, 0.29) is 16.7 Å². The van der Waals surface area contributed by atoms with Crippen LogP contribution in [0.15, 0.2) is 6.33 Å². The first-order chi connectivity index (χ1) is 9.00. The molecule has 0 aliphatic carbocycles. The lowest BCUT2D eigenvalue weighted by molar-refractivity contribution is -0.384. The van der Waals surface area contributed by atoms with Crippen molar-refractivity contribution in [2.24, 2.45) is 5.92 Å². The molecule has 0 atom stereocenters. The number of anilines is 1. The third-order valence-electron chi connectivity index (χ3n) is 3.08. The Balaban J connectivity index is 2.22. The van der Waals surface area contributed by atoms with Gasteiger partial charge in [-0.3, -0.25) is 14.9 Å². The van der Waals surface area contributed by atoms with Crippen LogP contribution in [0.4, 0.5) is 11.5 Å². The molecule has 2 heterocycles. The molecule has 8 nitrogen and oxygen atoms in total. The van der Waals surface area contributed by atoms with E-state index in [1.54, 1.807) is 4.90 Å². The molecule has 0 saturated carbocycles. The maximum atomic E-state index is 11.0. The zero-order valence-corrected chi connectivity index (χ0v) is 10.6. The van der Waals surface area contributed by atoms with E-state index < -0.39 is 16.8 Å². The second-order valence-electron chi connectivity index (χ2n) is 4.19. The van der Waals surface area contributed by atoms with Crippen LogP contribution in [0.25, 0.3) is 0 Å². The Morgan fingerprint density at radius 1 is 1.47 bits per heavy atom. The second-order valence-corrected chi connectivity index (χ2v) is 4.55. The average molecular weight is 287 g/mol. The standard InChI is InChI=1S/C10H11ClN4O4/c11-8-7(15(18)19)9(13-5-12-8)14-3-1-6(2-4-14)10(16)17/h5-6H,1-4H2,(H,16,17). The minimum atomic E-state index is -0.838. The predicted octanol–water partition coefficient (Wildman–Crippen LogP) is 1.34. The number of aromatic nitrogens is 2. The van der Waals surface area contributed by atoms with Crippen molar-refractivity contribution in [1.82, 2.24) is 9.97 Å². The normalized spacial score (nSPS) is 16.4. The Morgan fingerprint density at radius 2 is 2.11 bits per heavy atom. The average Bonchev–Trinajstić information content (AvgIpc) is 2.38. The van der Waals surface area contributed by atoms with E-state index in [0.717, 1.165) is 6.33 Å². The largest absolute Gasteiger partial charge is 0.481 e. The highest BCUT2D eigenvalue weighted by atomic mass is 35.5. The number of halogens is 1. The minimum absolute atomic E-state index is 0.147. The first kappa shape index (κ1) is 13.5. The van der Waals surface area contributed by atoms with E-state index >= 15 is 0 Å². The van der Waals surface area contributed by atoms with Crippen LogP contribution >= 0.6 is 11.6 Å². The van der Waals surface area contributed by atoms with E-state index in [4.69, 9.17) is 16.7 Å². The fourth-order valence-electron chi connectivity index (χ4n) is 2.08. The Morgan fingerprint density at radius 3 is 2.63 bits per heavy atom. The van der Waals surface area contributed by atoms with Crippen molar-refractivity contribution < 1.29 is 14.8 Å². The van der Waals surface area contributed by atoms with Gasteiger partial charge in [0.25, 0.3) is 0 Å². The SMILES string of the molecule is O=C(O)C1CCN(c2ncnc(Cl)c2[N+](=O)[O-])CC1. The van der Waals surface area contributed by atoms with Crippen molar-refractivity contribution in [2.45, 2.75) is 12.8 Å². The van der Waals surface area contributed by atoms with Crippen molar-refractivity contribution in [3.63, 3.8) is 0 Å². The molecule has 1 saturated heterocycles. The molecule has 19 heavy (non-hydrogen) atoms. The number of hydrogen-bond acceptors (Lipinski definition) is 6. The van der Waals surface area contributed by atoms with Gasteiger partial charge in [0.05, 0.1) is 10.8 Å². The highest BCUT2D eigenvalue weighted by Gasteiger charge is 2.30. The minimum Gasteiger partial charge on any atom is -0.481 e. The van der Waals surface area contributed by atoms with Crippen LogP contribution < -0.4 is 4.90 Å². The maximum absolute atomic E-state index is 11.0. The molecule has 0 unspecified atom stereocenters. The van der Waals surface area contributed by atoms with Gasteiger partial charge in [-0.1, -0.05) is 11.6 Å². The summed E-state index contributed by atoms with van der Waals surface area (Å²) in [6, 6.07) is 0. The molecule has 1 aromatic heterocycles. The van der Waals surface area contributed by atoms with Crippen LogP contribution in [0.2, 0.25) is 5.15 Å². The van der Waals surface area contributed by atoms with Crippen LogP contribution in [0, 0.1) is 16.0 Å². The third-order valence-corrected chi connectivity index (χ3v) is 3.36. The van der Waals surface area contributed by atoms with Crippen LogP contribution in [0.1, 0.15) is 12.8 Å². The molecule has 1 aliphatic heterocycles. The van der Waals surface area contributed by atoms with Crippen molar-refractivity contribution in [3.05, 3.63) is 21.6 Å². The molecule has 9 heteroatoms. The molecule has 0 radical (unpaired) electrons. The summed E-state index contributed by atoms with van der Waals surface area (Å²) in [6.07, 6.45) is 2.01. The number of piperidine rings is 1. The number of carbonyl (C=O) groups is 1.